The highest BCUT2D eigenvalue weighted by molar-refractivity contribution is 7.89. The number of anilines is 2. The predicted octanol–water partition coefficient (Wildman–Crippen LogP) is 1.51. The molecule has 106 valence electrons. The number of rotatable bonds is 3. The highest BCUT2D eigenvalue weighted by atomic mass is 32.2. The van der Waals surface area contributed by atoms with E-state index in [-0.39, 0.29) is 4.90 Å². The molecule has 1 aromatic carbocycles. The van der Waals surface area contributed by atoms with Gasteiger partial charge in [0.15, 0.2) is 0 Å². The Morgan fingerprint density at radius 2 is 1.79 bits per heavy atom. The maximum atomic E-state index is 12.5. The normalized spacial score (nSPS) is 17.4. The lowest BCUT2D eigenvalue weighted by molar-refractivity contribution is 0.346. The van der Waals surface area contributed by atoms with Gasteiger partial charge in [-0.15, -0.1) is 0 Å². The molecule has 6 heteroatoms. The van der Waals surface area contributed by atoms with Gasteiger partial charge in [0.2, 0.25) is 10.0 Å². The van der Waals surface area contributed by atoms with Gasteiger partial charge in [-0.2, -0.15) is 4.31 Å². The van der Waals surface area contributed by atoms with Crippen molar-refractivity contribution < 1.29 is 8.42 Å². The first-order valence-electron chi connectivity index (χ1n) is 6.50. The molecule has 1 fully saturated rings. The van der Waals surface area contributed by atoms with Crippen molar-refractivity contribution in [2.45, 2.75) is 24.2 Å². The zero-order valence-corrected chi connectivity index (χ0v) is 12.3. The summed E-state index contributed by atoms with van der Waals surface area (Å²) in [6.07, 6.45) is 2.97. The van der Waals surface area contributed by atoms with Gasteiger partial charge in [-0.3, -0.25) is 0 Å². The van der Waals surface area contributed by atoms with Gasteiger partial charge in [-0.1, -0.05) is 6.42 Å². The summed E-state index contributed by atoms with van der Waals surface area (Å²) in [5, 5.41) is 0. The molecule has 1 aliphatic rings. The fourth-order valence-electron chi connectivity index (χ4n) is 2.35. The van der Waals surface area contributed by atoms with Crippen LogP contribution in [-0.2, 0) is 10.0 Å². The van der Waals surface area contributed by atoms with E-state index < -0.39 is 10.0 Å². The molecule has 0 atom stereocenters. The number of hydrogen-bond acceptors (Lipinski definition) is 4. The monoisotopic (exact) mass is 283 g/mol. The Morgan fingerprint density at radius 1 is 1.16 bits per heavy atom. The van der Waals surface area contributed by atoms with E-state index in [0.717, 1.165) is 24.9 Å². The molecule has 0 aromatic heterocycles. The van der Waals surface area contributed by atoms with Crippen LogP contribution in [0.5, 0.6) is 0 Å². The first-order valence-corrected chi connectivity index (χ1v) is 7.94. The Bertz CT molecular complexity index is 549. The minimum absolute atomic E-state index is 0.289. The van der Waals surface area contributed by atoms with Gasteiger partial charge < -0.3 is 10.6 Å². The van der Waals surface area contributed by atoms with E-state index in [1.807, 2.05) is 19.0 Å². The third kappa shape index (κ3) is 2.84. The molecule has 1 heterocycles. The topological polar surface area (TPSA) is 66.6 Å². The van der Waals surface area contributed by atoms with E-state index in [2.05, 4.69) is 0 Å². The summed E-state index contributed by atoms with van der Waals surface area (Å²) in [5.74, 6) is 0. The van der Waals surface area contributed by atoms with Crippen LogP contribution in [0.15, 0.2) is 23.1 Å². The smallest absolute Gasteiger partial charge is 0.243 e. The van der Waals surface area contributed by atoms with Crippen LogP contribution < -0.4 is 10.6 Å². The molecule has 2 N–H and O–H groups in total. The molecule has 5 nitrogen and oxygen atoms in total. The number of sulfonamides is 1. The van der Waals surface area contributed by atoms with E-state index in [1.54, 1.807) is 22.5 Å². The van der Waals surface area contributed by atoms with E-state index >= 15 is 0 Å². The number of benzene rings is 1. The van der Waals surface area contributed by atoms with Crippen molar-refractivity contribution in [1.29, 1.82) is 0 Å². The molecule has 0 spiro atoms. The molecule has 0 unspecified atom stereocenters. The third-order valence-electron chi connectivity index (χ3n) is 3.43. The standard InChI is InChI=1S/C13H21N3O2S/c1-15(2)13-7-6-11(10-12(13)14)19(17,18)16-8-4-3-5-9-16/h6-7,10H,3-5,8-9,14H2,1-2H3. The summed E-state index contributed by atoms with van der Waals surface area (Å²) in [7, 11) is 0.367. The van der Waals surface area contributed by atoms with Crippen LogP contribution in [0.1, 0.15) is 19.3 Å². The zero-order valence-electron chi connectivity index (χ0n) is 11.5. The van der Waals surface area contributed by atoms with Gasteiger partial charge in [-0.05, 0) is 31.0 Å². The second kappa shape index (κ2) is 5.38. The second-order valence-corrected chi connectivity index (χ2v) is 7.02. The molecule has 0 bridgehead atoms. The Labute approximate surface area is 115 Å². The van der Waals surface area contributed by atoms with Crippen LogP contribution in [0.25, 0.3) is 0 Å². The van der Waals surface area contributed by atoms with Crippen molar-refractivity contribution in [3.05, 3.63) is 18.2 Å². The van der Waals surface area contributed by atoms with Crippen LogP contribution in [0.2, 0.25) is 0 Å². The Kier molecular flexibility index (Phi) is 4.01. The second-order valence-electron chi connectivity index (χ2n) is 5.08. The average molecular weight is 283 g/mol. The van der Waals surface area contributed by atoms with Crippen molar-refractivity contribution in [3.8, 4) is 0 Å². The quantitative estimate of drug-likeness (QED) is 0.854. The molecular weight excluding hydrogens is 262 g/mol. The lowest BCUT2D eigenvalue weighted by Gasteiger charge is -2.26. The highest BCUT2D eigenvalue weighted by Gasteiger charge is 2.26. The Morgan fingerprint density at radius 3 is 2.32 bits per heavy atom. The fraction of sp³-hybridized carbons (Fsp3) is 0.538. The van der Waals surface area contributed by atoms with E-state index in [1.165, 1.54) is 0 Å². The van der Waals surface area contributed by atoms with Crippen molar-refractivity contribution in [1.82, 2.24) is 4.31 Å². The van der Waals surface area contributed by atoms with E-state index in [4.69, 9.17) is 5.73 Å². The van der Waals surface area contributed by atoms with Crippen LogP contribution in [0, 0.1) is 0 Å². The lowest BCUT2D eigenvalue weighted by atomic mass is 10.2. The summed E-state index contributed by atoms with van der Waals surface area (Å²) in [6.45, 7) is 1.22. The van der Waals surface area contributed by atoms with E-state index in [0.29, 0.717) is 18.8 Å². The molecule has 19 heavy (non-hydrogen) atoms. The largest absolute Gasteiger partial charge is 0.397 e. The highest BCUT2D eigenvalue weighted by Crippen LogP contribution is 2.27. The SMILES string of the molecule is CN(C)c1ccc(S(=O)(=O)N2CCCCC2)cc1N. The third-order valence-corrected chi connectivity index (χ3v) is 5.33. The Balaban J connectivity index is 2.33. The summed E-state index contributed by atoms with van der Waals surface area (Å²) in [5.41, 5.74) is 7.24. The van der Waals surface area contributed by atoms with Crippen LogP contribution >= 0.6 is 0 Å². The van der Waals surface area contributed by atoms with Gasteiger partial charge in [0.05, 0.1) is 16.3 Å². The van der Waals surface area contributed by atoms with E-state index in [9.17, 15) is 8.42 Å². The molecule has 0 aliphatic carbocycles. The molecule has 0 radical (unpaired) electrons. The summed E-state index contributed by atoms with van der Waals surface area (Å²) >= 11 is 0. The van der Waals surface area contributed by atoms with Gasteiger partial charge in [-0.25, -0.2) is 8.42 Å². The van der Waals surface area contributed by atoms with Crippen molar-refractivity contribution in [3.63, 3.8) is 0 Å². The van der Waals surface area contributed by atoms with Crippen LogP contribution in [0.4, 0.5) is 11.4 Å². The number of nitrogens with two attached hydrogens (primary N) is 1. The van der Waals surface area contributed by atoms with Crippen molar-refractivity contribution >= 4 is 21.4 Å². The summed E-state index contributed by atoms with van der Waals surface area (Å²) in [6, 6.07) is 4.95. The molecule has 1 aliphatic heterocycles. The summed E-state index contributed by atoms with van der Waals surface area (Å²) < 4.78 is 26.5. The van der Waals surface area contributed by atoms with Gasteiger partial charge >= 0.3 is 0 Å². The number of nitrogen functional groups attached to an aromatic ring is 1. The molecular formula is C13H21N3O2S. The number of piperidine rings is 1. The minimum Gasteiger partial charge on any atom is -0.397 e. The molecule has 1 aromatic rings. The average Bonchev–Trinajstić information content (AvgIpc) is 2.39. The molecule has 0 saturated carbocycles. The van der Waals surface area contributed by atoms with Gasteiger partial charge in [0.1, 0.15) is 0 Å². The number of nitrogens with zero attached hydrogens (tertiary/aromatic N) is 2. The number of hydrogen-bond donors (Lipinski definition) is 1. The van der Waals surface area contributed by atoms with Crippen molar-refractivity contribution in [2.75, 3.05) is 37.8 Å². The van der Waals surface area contributed by atoms with Crippen molar-refractivity contribution in [2.24, 2.45) is 0 Å². The minimum atomic E-state index is -3.39. The first kappa shape index (κ1) is 14.1. The maximum Gasteiger partial charge on any atom is 0.243 e. The fourth-order valence-corrected chi connectivity index (χ4v) is 3.91. The van der Waals surface area contributed by atoms with Crippen LogP contribution in [0.3, 0.4) is 0 Å². The zero-order chi connectivity index (χ0) is 14.0. The van der Waals surface area contributed by atoms with Gasteiger partial charge in [0, 0.05) is 27.2 Å². The molecule has 1 saturated heterocycles. The van der Waals surface area contributed by atoms with Gasteiger partial charge in [0.25, 0.3) is 0 Å². The maximum absolute atomic E-state index is 12.5. The first-order chi connectivity index (χ1) is 8.93. The predicted molar refractivity (Wildman–Crippen MR) is 77.8 cm³/mol. The molecule has 0 amide bonds. The Hall–Kier alpha value is -1.27. The molecule has 2 rings (SSSR count). The lowest BCUT2D eigenvalue weighted by Crippen LogP contribution is -2.35. The van der Waals surface area contributed by atoms with Crippen LogP contribution in [-0.4, -0.2) is 39.9 Å². The summed E-state index contributed by atoms with van der Waals surface area (Å²) in [4.78, 5) is 2.16.